The molecule has 0 aromatic carbocycles. The first-order valence-corrected chi connectivity index (χ1v) is 5.09. The van der Waals surface area contributed by atoms with E-state index in [0.717, 1.165) is 5.75 Å². The van der Waals surface area contributed by atoms with Crippen LogP contribution in [-0.2, 0) is 0 Å². The van der Waals surface area contributed by atoms with E-state index in [1.807, 2.05) is 0 Å². The van der Waals surface area contributed by atoms with Crippen LogP contribution in [0.2, 0.25) is 0 Å². The second-order valence-electron chi connectivity index (χ2n) is 2.23. The molecule has 0 unspecified atom stereocenters. The van der Waals surface area contributed by atoms with Gasteiger partial charge in [0.05, 0.1) is 0 Å². The molecule has 0 saturated carbocycles. The van der Waals surface area contributed by atoms with E-state index in [0.29, 0.717) is 4.32 Å². The Hall–Kier alpha value is 1.24. The molecule has 4 heteroatoms. The zero-order valence-electron chi connectivity index (χ0n) is 7.43. The Morgan fingerprint density at radius 1 is 1.36 bits per heavy atom. The first kappa shape index (κ1) is 14.7. The predicted molar refractivity (Wildman–Crippen MR) is 53.4 cm³/mol. The van der Waals surface area contributed by atoms with E-state index in [2.05, 4.69) is 6.92 Å². The third kappa shape index (κ3) is 14.1. The average Bonchev–Trinajstić information content (AvgIpc) is 1.87. The van der Waals surface area contributed by atoms with Gasteiger partial charge in [-0.25, -0.2) is 0 Å². The first-order chi connectivity index (χ1) is 4.77. The zero-order chi connectivity index (χ0) is 7.82. The number of nitrogens with two attached hydrogens (primary N) is 1. The maximum Gasteiger partial charge on any atom is 1.00 e. The van der Waals surface area contributed by atoms with Crippen molar-refractivity contribution in [2.24, 2.45) is 5.73 Å². The first-order valence-electron chi connectivity index (χ1n) is 3.69. The Morgan fingerprint density at radius 2 is 2.00 bits per heavy atom. The summed E-state index contributed by atoms with van der Waals surface area (Å²) in [6.45, 7) is 2.21. The van der Waals surface area contributed by atoms with Gasteiger partial charge in [0.2, 0.25) is 0 Å². The molecular weight excluding hydrogens is 185 g/mol. The van der Waals surface area contributed by atoms with Gasteiger partial charge in [-0.05, 0) is 6.42 Å². The van der Waals surface area contributed by atoms with Crippen LogP contribution < -0.4 is 35.3 Å². The predicted octanol–water partition coefficient (Wildman–Crippen LogP) is -0.452. The molecule has 2 N–H and O–H groups in total. The SMILES string of the molecule is CCCCCCSC(N)=S.[Na+]. The van der Waals surface area contributed by atoms with Gasteiger partial charge < -0.3 is 5.73 Å². The molecule has 0 fully saturated rings. The summed E-state index contributed by atoms with van der Waals surface area (Å²) in [5.74, 6) is 1.09. The number of hydrogen-bond donors (Lipinski definition) is 1. The van der Waals surface area contributed by atoms with Gasteiger partial charge in [0.15, 0.2) is 0 Å². The fraction of sp³-hybridized carbons (Fsp3) is 0.857. The van der Waals surface area contributed by atoms with Gasteiger partial charge in [0.25, 0.3) is 0 Å². The van der Waals surface area contributed by atoms with Crippen LogP contribution in [-0.4, -0.2) is 10.1 Å². The largest absolute Gasteiger partial charge is 1.00 e. The van der Waals surface area contributed by atoms with Crippen molar-refractivity contribution in [2.45, 2.75) is 32.6 Å². The molecule has 0 rings (SSSR count). The van der Waals surface area contributed by atoms with Gasteiger partial charge in [-0.1, -0.05) is 50.2 Å². The Balaban J connectivity index is 0. The Kier molecular flexibility index (Phi) is 15.1. The summed E-state index contributed by atoms with van der Waals surface area (Å²) in [5.41, 5.74) is 5.30. The molecule has 1 nitrogen and oxygen atoms in total. The van der Waals surface area contributed by atoms with E-state index in [9.17, 15) is 0 Å². The maximum absolute atomic E-state index is 5.30. The van der Waals surface area contributed by atoms with Crippen molar-refractivity contribution in [1.82, 2.24) is 0 Å². The summed E-state index contributed by atoms with van der Waals surface area (Å²) < 4.78 is 0.580. The molecule has 0 heterocycles. The maximum atomic E-state index is 5.30. The second-order valence-corrected chi connectivity index (χ2v) is 4.06. The van der Waals surface area contributed by atoms with Gasteiger partial charge in [-0.3, -0.25) is 0 Å². The van der Waals surface area contributed by atoms with E-state index in [1.165, 1.54) is 25.7 Å². The third-order valence-corrected chi connectivity index (χ3v) is 2.37. The van der Waals surface area contributed by atoms with Gasteiger partial charge >= 0.3 is 29.6 Å². The van der Waals surface area contributed by atoms with Crippen molar-refractivity contribution >= 4 is 28.3 Å². The molecule has 0 aromatic heterocycles. The Morgan fingerprint density at radius 3 is 2.45 bits per heavy atom. The van der Waals surface area contributed by atoms with Crippen molar-refractivity contribution in [1.29, 1.82) is 0 Å². The molecule has 0 aliphatic carbocycles. The Labute approximate surface area is 101 Å². The number of thioether (sulfide) groups is 1. The third-order valence-electron chi connectivity index (χ3n) is 1.24. The normalized spacial score (nSPS) is 8.82. The molecule has 60 valence electrons. The standard InChI is InChI=1S/C7H15NS2.Na/c1-2-3-4-5-6-10-7(8)9;/h2-6H2,1H3,(H2,8,9);/q;+1. The van der Waals surface area contributed by atoms with Crippen LogP contribution in [0.25, 0.3) is 0 Å². The van der Waals surface area contributed by atoms with Crippen molar-refractivity contribution in [2.75, 3.05) is 5.75 Å². The summed E-state index contributed by atoms with van der Waals surface area (Å²) >= 11 is 6.31. The van der Waals surface area contributed by atoms with Crippen molar-refractivity contribution in [3.63, 3.8) is 0 Å². The van der Waals surface area contributed by atoms with E-state index in [1.54, 1.807) is 11.8 Å². The molecule has 0 amide bonds. The molecule has 0 saturated heterocycles. The number of unbranched alkanes of at least 4 members (excludes halogenated alkanes) is 3. The molecule has 0 bridgehead atoms. The van der Waals surface area contributed by atoms with Crippen LogP contribution in [0.1, 0.15) is 32.6 Å². The minimum atomic E-state index is 0. The molecule has 11 heavy (non-hydrogen) atoms. The van der Waals surface area contributed by atoms with E-state index in [-0.39, 0.29) is 29.6 Å². The zero-order valence-corrected chi connectivity index (χ0v) is 11.1. The number of thiocarbonyl (C=S) groups is 1. The van der Waals surface area contributed by atoms with E-state index >= 15 is 0 Å². The smallest absolute Gasteiger partial charge is 0.385 e. The molecule has 0 aromatic rings. The second kappa shape index (κ2) is 11.2. The quantitative estimate of drug-likeness (QED) is 0.370. The van der Waals surface area contributed by atoms with Gasteiger partial charge in [-0.15, -0.1) is 0 Å². The van der Waals surface area contributed by atoms with E-state index < -0.39 is 0 Å². The van der Waals surface area contributed by atoms with Gasteiger partial charge in [-0.2, -0.15) is 0 Å². The van der Waals surface area contributed by atoms with Crippen LogP contribution in [0.15, 0.2) is 0 Å². The van der Waals surface area contributed by atoms with Crippen LogP contribution in [0.3, 0.4) is 0 Å². The number of hydrogen-bond acceptors (Lipinski definition) is 2. The summed E-state index contributed by atoms with van der Waals surface area (Å²) in [4.78, 5) is 0. The van der Waals surface area contributed by atoms with Crippen molar-refractivity contribution in [3.8, 4) is 0 Å². The average molecular weight is 200 g/mol. The van der Waals surface area contributed by atoms with Crippen LogP contribution >= 0.6 is 24.0 Å². The fourth-order valence-electron chi connectivity index (χ4n) is 0.702. The minimum absolute atomic E-state index is 0. The van der Waals surface area contributed by atoms with Crippen molar-refractivity contribution < 1.29 is 29.6 Å². The topological polar surface area (TPSA) is 26.0 Å². The number of rotatable bonds is 5. The van der Waals surface area contributed by atoms with Crippen molar-refractivity contribution in [3.05, 3.63) is 0 Å². The van der Waals surface area contributed by atoms with Crippen LogP contribution in [0.5, 0.6) is 0 Å². The molecule has 0 radical (unpaired) electrons. The van der Waals surface area contributed by atoms with Crippen LogP contribution in [0.4, 0.5) is 0 Å². The molecule has 0 aliphatic heterocycles. The minimum Gasteiger partial charge on any atom is -0.385 e. The van der Waals surface area contributed by atoms with E-state index in [4.69, 9.17) is 18.0 Å². The molecule has 0 aliphatic rings. The summed E-state index contributed by atoms with van der Waals surface area (Å²) in [7, 11) is 0. The molecular formula is C7H15NNaS2+. The fourth-order valence-corrected chi connectivity index (χ4v) is 1.50. The summed E-state index contributed by atoms with van der Waals surface area (Å²) in [5, 5.41) is 0. The summed E-state index contributed by atoms with van der Waals surface area (Å²) in [6, 6.07) is 0. The van der Waals surface area contributed by atoms with Gasteiger partial charge in [0, 0.05) is 5.75 Å². The monoisotopic (exact) mass is 200 g/mol. The Bertz CT molecular complexity index is 98.4. The van der Waals surface area contributed by atoms with Crippen LogP contribution in [0, 0.1) is 0 Å². The summed E-state index contributed by atoms with van der Waals surface area (Å²) in [6.07, 6.45) is 5.18. The van der Waals surface area contributed by atoms with Gasteiger partial charge in [0.1, 0.15) is 4.32 Å². The molecule has 0 atom stereocenters. The molecule has 0 spiro atoms.